The van der Waals surface area contributed by atoms with Crippen LogP contribution in [0, 0.1) is 0 Å². The third-order valence-corrected chi connectivity index (χ3v) is 4.23. The third kappa shape index (κ3) is 6.52. The normalized spacial score (nSPS) is 27.6. The van der Waals surface area contributed by atoms with E-state index < -0.39 is 36.7 Å². The van der Waals surface area contributed by atoms with Crippen molar-refractivity contribution >= 4 is 12.0 Å². The van der Waals surface area contributed by atoms with Crippen LogP contribution in [0.1, 0.15) is 12.0 Å². The number of esters is 1. The lowest BCUT2D eigenvalue weighted by atomic mass is 9.99. The Morgan fingerprint density at radius 1 is 1.14 bits per heavy atom. The fraction of sp³-hybridized carbons (Fsp3) is 0.450. The Morgan fingerprint density at radius 2 is 1.86 bits per heavy atom. The quantitative estimate of drug-likeness (QED) is 0.262. The van der Waals surface area contributed by atoms with E-state index in [2.05, 4.69) is 6.58 Å². The summed E-state index contributed by atoms with van der Waals surface area (Å²) >= 11 is 0. The summed E-state index contributed by atoms with van der Waals surface area (Å²) in [5, 5.41) is 38.9. The van der Waals surface area contributed by atoms with E-state index in [1.807, 2.05) is 30.3 Å². The van der Waals surface area contributed by atoms with Crippen molar-refractivity contribution in [2.75, 3.05) is 19.8 Å². The average Bonchev–Trinajstić information content (AvgIpc) is 2.71. The van der Waals surface area contributed by atoms with Crippen LogP contribution in [-0.2, 0) is 19.0 Å². The first-order chi connectivity index (χ1) is 13.4. The predicted molar refractivity (Wildman–Crippen MR) is 99.9 cm³/mol. The van der Waals surface area contributed by atoms with Crippen molar-refractivity contribution < 1.29 is 39.4 Å². The maximum absolute atomic E-state index is 11.9. The number of rotatable bonds is 9. The van der Waals surface area contributed by atoms with E-state index in [4.69, 9.17) is 19.3 Å². The van der Waals surface area contributed by atoms with E-state index >= 15 is 0 Å². The zero-order valence-corrected chi connectivity index (χ0v) is 15.4. The first-order valence-electron chi connectivity index (χ1n) is 8.91. The lowest BCUT2D eigenvalue weighted by molar-refractivity contribution is -0.301. The van der Waals surface area contributed by atoms with Gasteiger partial charge in [0.15, 0.2) is 6.29 Å². The lowest BCUT2D eigenvalue weighted by Crippen LogP contribution is -2.59. The number of carbonyl (C=O) groups excluding carboxylic acids is 1. The van der Waals surface area contributed by atoms with E-state index in [-0.39, 0.29) is 19.8 Å². The SMILES string of the molecule is C=C(CO)CCOC1OC(COC(=O)C=Cc2ccccc2)C(O)C(O)C1O. The molecule has 0 spiro atoms. The highest BCUT2D eigenvalue weighted by molar-refractivity contribution is 5.87. The standard InChI is InChI=1S/C20H26O8/c1-13(11-21)9-10-26-20-19(25)18(24)17(23)15(28-20)12-27-16(22)8-7-14-5-3-2-4-6-14/h2-8,15,17-21,23-25H,1,9-12H2. The van der Waals surface area contributed by atoms with Crippen LogP contribution in [-0.4, -0.2) is 76.9 Å². The summed E-state index contributed by atoms with van der Waals surface area (Å²) in [4.78, 5) is 11.9. The lowest BCUT2D eigenvalue weighted by Gasteiger charge is -2.39. The highest BCUT2D eigenvalue weighted by Gasteiger charge is 2.44. The number of aliphatic hydroxyl groups excluding tert-OH is 4. The van der Waals surface area contributed by atoms with Gasteiger partial charge in [0.25, 0.3) is 0 Å². The predicted octanol–water partition coefficient (Wildman–Crippen LogP) is 0.00580. The largest absolute Gasteiger partial charge is 0.460 e. The Balaban J connectivity index is 1.85. The third-order valence-electron chi connectivity index (χ3n) is 4.23. The van der Waals surface area contributed by atoms with Gasteiger partial charge in [-0.3, -0.25) is 0 Å². The Hall–Kier alpha value is -2.07. The maximum Gasteiger partial charge on any atom is 0.330 e. The second-order valence-electron chi connectivity index (χ2n) is 6.42. The minimum Gasteiger partial charge on any atom is -0.460 e. The molecule has 28 heavy (non-hydrogen) atoms. The second-order valence-corrected chi connectivity index (χ2v) is 6.42. The van der Waals surface area contributed by atoms with Gasteiger partial charge in [-0.25, -0.2) is 4.79 Å². The molecule has 2 rings (SSSR count). The molecule has 0 aliphatic carbocycles. The highest BCUT2D eigenvalue weighted by Crippen LogP contribution is 2.23. The first-order valence-corrected chi connectivity index (χ1v) is 8.91. The maximum atomic E-state index is 11.9. The Labute approximate surface area is 163 Å². The fourth-order valence-electron chi connectivity index (χ4n) is 2.53. The summed E-state index contributed by atoms with van der Waals surface area (Å²) in [6.45, 7) is 3.20. The van der Waals surface area contributed by atoms with Crippen molar-refractivity contribution in [1.82, 2.24) is 0 Å². The molecule has 0 amide bonds. The van der Waals surface area contributed by atoms with Crippen LogP contribution in [0.25, 0.3) is 6.08 Å². The molecule has 4 N–H and O–H groups in total. The molecule has 8 nitrogen and oxygen atoms in total. The molecule has 0 bridgehead atoms. The van der Waals surface area contributed by atoms with E-state index in [0.717, 1.165) is 5.56 Å². The average molecular weight is 394 g/mol. The monoisotopic (exact) mass is 394 g/mol. The first kappa shape index (κ1) is 22.2. The summed E-state index contributed by atoms with van der Waals surface area (Å²) in [5.74, 6) is -0.642. The molecule has 5 atom stereocenters. The molecular weight excluding hydrogens is 368 g/mol. The number of hydrogen-bond donors (Lipinski definition) is 4. The van der Waals surface area contributed by atoms with Gasteiger partial charge in [-0.2, -0.15) is 0 Å². The van der Waals surface area contributed by atoms with E-state index in [9.17, 15) is 20.1 Å². The zero-order valence-electron chi connectivity index (χ0n) is 15.4. The number of carbonyl (C=O) groups is 1. The van der Waals surface area contributed by atoms with Crippen molar-refractivity contribution in [1.29, 1.82) is 0 Å². The van der Waals surface area contributed by atoms with Crippen molar-refractivity contribution in [2.45, 2.75) is 37.1 Å². The molecule has 154 valence electrons. The summed E-state index contributed by atoms with van der Waals surface area (Å²) in [5.41, 5.74) is 1.37. The molecule has 1 aromatic carbocycles. The number of aliphatic hydroxyl groups is 4. The van der Waals surface area contributed by atoms with Gasteiger partial charge in [0, 0.05) is 6.08 Å². The van der Waals surface area contributed by atoms with Gasteiger partial charge in [0.1, 0.15) is 31.0 Å². The fourth-order valence-corrected chi connectivity index (χ4v) is 2.53. The summed E-state index contributed by atoms with van der Waals surface area (Å²) < 4.78 is 15.9. The minimum absolute atomic E-state index is 0.0935. The number of ether oxygens (including phenoxy) is 3. The van der Waals surface area contributed by atoms with Gasteiger partial charge < -0.3 is 34.6 Å². The van der Waals surface area contributed by atoms with Crippen LogP contribution in [0.15, 0.2) is 48.6 Å². The van der Waals surface area contributed by atoms with Crippen molar-refractivity contribution in [3.8, 4) is 0 Å². The van der Waals surface area contributed by atoms with Gasteiger partial charge in [-0.1, -0.05) is 36.9 Å². The van der Waals surface area contributed by atoms with Crippen molar-refractivity contribution in [3.05, 3.63) is 54.1 Å². The minimum atomic E-state index is -1.52. The van der Waals surface area contributed by atoms with Crippen LogP contribution in [0.3, 0.4) is 0 Å². The molecule has 1 aliphatic rings. The highest BCUT2D eigenvalue weighted by atomic mass is 16.7. The molecule has 1 fully saturated rings. The molecule has 5 unspecified atom stereocenters. The molecule has 1 saturated heterocycles. The molecule has 1 heterocycles. The molecule has 8 heteroatoms. The topological polar surface area (TPSA) is 126 Å². The van der Waals surface area contributed by atoms with Gasteiger partial charge >= 0.3 is 5.97 Å². The van der Waals surface area contributed by atoms with Crippen LogP contribution >= 0.6 is 0 Å². The molecule has 1 aromatic rings. The van der Waals surface area contributed by atoms with E-state index in [0.29, 0.717) is 12.0 Å². The molecule has 1 aliphatic heterocycles. The molecule has 0 saturated carbocycles. The summed E-state index contributed by atoms with van der Waals surface area (Å²) in [7, 11) is 0. The van der Waals surface area contributed by atoms with Crippen molar-refractivity contribution in [3.63, 3.8) is 0 Å². The number of hydrogen-bond acceptors (Lipinski definition) is 8. The van der Waals surface area contributed by atoms with E-state index in [1.165, 1.54) is 6.08 Å². The Kier molecular flexibility index (Phi) is 8.78. The van der Waals surface area contributed by atoms with Crippen LogP contribution in [0.5, 0.6) is 0 Å². The van der Waals surface area contributed by atoms with Crippen molar-refractivity contribution in [2.24, 2.45) is 0 Å². The Bertz CT molecular complexity index is 659. The second kappa shape index (κ2) is 11.1. The summed E-state index contributed by atoms with van der Waals surface area (Å²) in [6.07, 6.45) is -3.57. The van der Waals surface area contributed by atoms with Crippen LogP contribution in [0.2, 0.25) is 0 Å². The zero-order chi connectivity index (χ0) is 20.5. The smallest absolute Gasteiger partial charge is 0.330 e. The molecular formula is C20H26O8. The number of benzene rings is 1. The Morgan fingerprint density at radius 3 is 2.54 bits per heavy atom. The molecule has 0 aromatic heterocycles. The summed E-state index contributed by atoms with van der Waals surface area (Å²) in [6, 6.07) is 9.17. The van der Waals surface area contributed by atoms with Gasteiger partial charge in [-0.15, -0.1) is 0 Å². The van der Waals surface area contributed by atoms with Gasteiger partial charge in [-0.05, 0) is 23.6 Å². The van der Waals surface area contributed by atoms with Gasteiger partial charge in [0.2, 0.25) is 0 Å². The molecule has 0 radical (unpaired) electrons. The van der Waals surface area contributed by atoms with Gasteiger partial charge in [0.05, 0.1) is 13.2 Å². The van der Waals surface area contributed by atoms with Crippen LogP contribution in [0.4, 0.5) is 0 Å². The van der Waals surface area contributed by atoms with E-state index in [1.54, 1.807) is 6.08 Å². The van der Waals surface area contributed by atoms with Crippen LogP contribution < -0.4 is 0 Å².